The molecule has 4 aromatic rings. The number of carbonyl (C=O) groups excluding carboxylic acids is 1. The minimum Gasteiger partial charge on any atom is -0.322 e. The highest BCUT2D eigenvalue weighted by molar-refractivity contribution is 6.08. The molecule has 154 valence electrons. The third kappa shape index (κ3) is 4.48. The number of carbonyl (C=O) groups is 1. The maximum Gasteiger partial charge on any atom is 0.306 e. The molecule has 1 heterocycles. The molecule has 7 nitrogen and oxygen atoms in total. The van der Waals surface area contributed by atoms with Gasteiger partial charge in [-0.25, -0.2) is 0 Å². The molecule has 0 atom stereocenters. The minimum atomic E-state index is -0.969. The van der Waals surface area contributed by atoms with Gasteiger partial charge in [0.25, 0.3) is 5.91 Å². The number of nitro benzene ring substituents is 1. The van der Waals surface area contributed by atoms with Crippen LogP contribution in [-0.2, 0) is 6.54 Å². The Hall–Kier alpha value is -4.33. The predicted octanol–water partition coefficient (Wildman–Crippen LogP) is 4.90. The number of amides is 1. The first kappa shape index (κ1) is 20.0. The van der Waals surface area contributed by atoms with Crippen LogP contribution in [0, 0.1) is 15.9 Å². The van der Waals surface area contributed by atoms with E-state index < -0.39 is 22.3 Å². The van der Waals surface area contributed by atoms with Gasteiger partial charge in [0.1, 0.15) is 5.69 Å². The highest BCUT2D eigenvalue weighted by Gasteiger charge is 2.20. The van der Waals surface area contributed by atoms with E-state index in [0.717, 1.165) is 23.3 Å². The first-order chi connectivity index (χ1) is 15.0. The van der Waals surface area contributed by atoms with E-state index in [4.69, 9.17) is 0 Å². The molecular formula is C23H17FN4O3. The Bertz CT molecular complexity index is 1240. The van der Waals surface area contributed by atoms with E-state index in [2.05, 4.69) is 10.4 Å². The number of benzene rings is 3. The summed E-state index contributed by atoms with van der Waals surface area (Å²) in [6.45, 7) is 0.468. The van der Waals surface area contributed by atoms with Crippen LogP contribution >= 0.6 is 0 Å². The normalized spacial score (nSPS) is 10.6. The summed E-state index contributed by atoms with van der Waals surface area (Å²) < 4.78 is 15.3. The van der Waals surface area contributed by atoms with Crippen LogP contribution in [0.1, 0.15) is 15.9 Å². The van der Waals surface area contributed by atoms with Crippen molar-refractivity contribution in [3.63, 3.8) is 0 Å². The smallest absolute Gasteiger partial charge is 0.306 e. The van der Waals surface area contributed by atoms with E-state index in [1.54, 1.807) is 10.9 Å². The van der Waals surface area contributed by atoms with Crippen LogP contribution in [0.2, 0.25) is 0 Å². The molecule has 0 aliphatic heterocycles. The molecule has 0 saturated heterocycles. The second-order valence-electron chi connectivity index (χ2n) is 6.82. The molecule has 0 aliphatic carbocycles. The van der Waals surface area contributed by atoms with Crippen molar-refractivity contribution in [3.05, 3.63) is 112 Å². The Kier molecular flexibility index (Phi) is 5.53. The highest BCUT2D eigenvalue weighted by atomic mass is 19.1. The molecule has 8 heteroatoms. The zero-order valence-corrected chi connectivity index (χ0v) is 16.2. The maximum absolute atomic E-state index is 13.6. The van der Waals surface area contributed by atoms with Crippen molar-refractivity contribution in [2.75, 3.05) is 5.32 Å². The van der Waals surface area contributed by atoms with Crippen LogP contribution in [0.15, 0.2) is 85.1 Å². The van der Waals surface area contributed by atoms with Crippen molar-refractivity contribution in [1.29, 1.82) is 0 Å². The maximum atomic E-state index is 13.6. The van der Waals surface area contributed by atoms with E-state index in [-0.39, 0.29) is 5.69 Å². The number of nitrogens with zero attached hydrogens (tertiary/aromatic N) is 3. The van der Waals surface area contributed by atoms with Gasteiger partial charge in [-0.3, -0.25) is 19.6 Å². The van der Waals surface area contributed by atoms with Crippen LogP contribution in [0.25, 0.3) is 11.3 Å². The van der Waals surface area contributed by atoms with Crippen molar-refractivity contribution in [2.45, 2.75) is 6.54 Å². The molecule has 0 radical (unpaired) electrons. The second kappa shape index (κ2) is 8.58. The fourth-order valence-electron chi connectivity index (χ4n) is 3.18. The molecule has 0 bridgehead atoms. The minimum absolute atomic E-state index is 0.118. The van der Waals surface area contributed by atoms with E-state index in [0.29, 0.717) is 17.8 Å². The lowest BCUT2D eigenvalue weighted by Gasteiger charge is -2.06. The highest BCUT2D eigenvalue weighted by Crippen LogP contribution is 2.25. The van der Waals surface area contributed by atoms with Crippen molar-refractivity contribution in [3.8, 4) is 11.3 Å². The Morgan fingerprint density at radius 3 is 2.39 bits per heavy atom. The van der Waals surface area contributed by atoms with Crippen molar-refractivity contribution in [1.82, 2.24) is 9.78 Å². The number of halogens is 1. The molecular weight excluding hydrogens is 399 g/mol. The molecule has 1 amide bonds. The number of hydrogen-bond acceptors (Lipinski definition) is 4. The largest absolute Gasteiger partial charge is 0.322 e. The summed E-state index contributed by atoms with van der Waals surface area (Å²) in [5.41, 5.74) is 1.96. The number of rotatable bonds is 6. The standard InChI is InChI=1S/C23H17FN4O3/c24-20-12-11-18(13-21(20)28(30)31)25-23(29)19-15-27(14-16-7-3-1-4-8-16)26-22(19)17-9-5-2-6-10-17/h1-13,15H,14H2,(H,25,29). The zero-order valence-electron chi connectivity index (χ0n) is 16.2. The molecule has 1 aromatic heterocycles. The molecule has 0 aliphatic rings. The summed E-state index contributed by atoms with van der Waals surface area (Å²) >= 11 is 0. The number of hydrogen-bond donors (Lipinski definition) is 1. The Morgan fingerprint density at radius 1 is 1.03 bits per heavy atom. The average Bonchev–Trinajstić information content (AvgIpc) is 3.20. The summed E-state index contributed by atoms with van der Waals surface area (Å²) in [7, 11) is 0. The van der Waals surface area contributed by atoms with Gasteiger partial charge in [0.15, 0.2) is 0 Å². The van der Waals surface area contributed by atoms with Gasteiger partial charge < -0.3 is 5.32 Å². The average molecular weight is 416 g/mol. The van der Waals surface area contributed by atoms with Crippen molar-refractivity contribution < 1.29 is 14.1 Å². The monoisotopic (exact) mass is 416 g/mol. The lowest BCUT2D eigenvalue weighted by atomic mass is 10.1. The zero-order chi connectivity index (χ0) is 21.8. The van der Waals surface area contributed by atoms with E-state index in [9.17, 15) is 19.3 Å². The number of aromatic nitrogens is 2. The number of nitro groups is 1. The topological polar surface area (TPSA) is 90.1 Å². The van der Waals surface area contributed by atoms with Gasteiger partial charge in [-0.2, -0.15) is 9.49 Å². The van der Waals surface area contributed by atoms with E-state index >= 15 is 0 Å². The summed E-state index contributed by atoms with van der Waals surface area (Å²) in [6.07, 6.45) is 1.63. The lowest BCUT2D eigenvalue weighted by Crippen LogP contribution is -2.12. The number of nitrogens with one attached hydrogen (secondary N) is 1. The van der Waals surface area contributed by atoms with Gasteiger partial charge in [-0.15, -0.1) is 0 Å². The van der Waals surface area contributed by atoms with Gasteiger partial charge in [0.2, 0.25) is 5.82 Å². The molecule has 0 spiro atoms. The molecule has 0 unspecified atom stereocenters. The van der Waals surface area contributed by atoms with Crippen LogP contribution < -0.4 is 5.32 Å². The van der Waals surface area contributed by atoms with E-state index in [1.807, 2.05) is 60.7 Å². The third-order valence-electron chi connectivity index (χ3n) is 4.64. The van der Waals surface area contributed by atoms with Gasteiger partial charge in [0.05, 0.1) is 17.0 Å². The first-order valence-corrected chi connectivity index (χ1v) is 9.43. The van der Waals surface area contributed by atoms with Gasteiger partial charge in [0, 0.05) is 23.5 Å². The quantitative estimate of drug-likeness (QED) is 0.358. The predicted molar refractivity (Wildman–Crippen MR) is 114 cm³/mol. The molecule has 4 rings (SSSR count). The Balaban J connectivity index is 1.68. The Labute approximate surface area is 176 Å². The van der Waals surface area contributed by atoms with E-state index in [1.165, 1.54) is 6.07 Å². The first-order valence-electron chi connectivity index (χ1n) is 9.43. The molecule has 0 fully saturated rings. The van der Waals surface area contributed by atoms with Crippen molar-refractivity contribution in [2.24, 2.45) is 0 Å². The fraction of sp³-hybridized carbons (Fsp3) is 0.0435. The molecule has 3 aromatic carbocycles. The molecule has 0 saturated carbocycles. The van der Waals surface area contributed by atoms with Gasteiger partial charge in [-0.1, -0.05) is 60.7 Å². The second-order valence-corrected chi connectivity index (χ2v) is 6.82. The van der Waals surface area contributed by atoms with Gasteiger partial charge >= 0.3 is 5.69 Å². The molecule has 1 N–H and O–H groups in total. The lowest BCUT2D eigenvalue weighted by molar-refractivity contribution is -0.387. The van der Waals surface area contributed by atoms with Crippen LogP contribution in [-0.4, -0.2) is 20.6 Å². The number of anilines is 1. The third-order valence-corrected chi connectivity index (χ3v) is 4.64. The summed E-state index contributed by atoms with van der Waals surface area (Å²) in [5.74, 6) is -1.47. The summed E-state index contributed by atoms with van der Waals surface area (Å²) in [6, 6.07) is 22.1. The summed E-state index contributed by atoms with van der Waals surface area (Å²) in [5, 5.41) is 18.2. The van der Waals surface area contributed by atoms with Crippen LogP contribution in [0.4, 0.5) is 15.8 Å². The van der Waals surface area contributed by atoms with Crippen LogP contribution in [0.3, 0.4) is 0 Å². The summed E-state index contributed by atoms with van der Waals surface area (Å²) in [4.78, 5) is 23.2. The Morgan fingerprint density at radius 2 is 1.71 bits per heavy atom. The van der Waals surface area contributed by atoms with Crippen LogP contribution in [0.5, 0.6) is 0 Å². The van der Waals surface area contributed by atoms with Crippen molar-refractivity contribution >= 4 is 17.3 Å². The van der Waals surface area contributed by atoms with Gasteiger partial charge in [-0.05, 0) is 17.7 Å². The SMILES string of the molecule is O=C(Nc1ccc(F)c([N+](=O)[O-])c1)c1cn(Cc2ccccc2)nc1-c1ccccc1. The fourth-order valence-corrected chi connectivity index (χ4v) is 3.18. The molecule has 31 heavy (non-hydrogen) atoms.